The fraction of sp³-hybridized carbons (Fsp3) is 0.529. The van der Waals surface area contributed by atoms with Crippen molar-refractivity contribution in [3.8, 4) is 0 Å². The number of aromatic nitrogens is 4. The first kappa shape index (κ1) is 15.3. The van der Waals surface area contributed by atoms with E-state index in [0.717, 1.165) is 29.8 Å². The highest BCUT2D eigenvalue weighted by Crippen LogP contribution is 2.41. The summed E-state index contributed by atoms with van der Waals surface area (Å²) in [4.78, 5) is 19.3. The number of carbonyl (C=O) groups excluding carboxylic acids is 1. The van der Waals surface area contributed by atoms with Crippen LogP contribution in [0, 0.1) is 0 Å². The molecule has 2 aromatic rings. The lowest BCUT2D eigenvalue weighted by atomic mass is 10.0. The highest BCUT2D eigenvalue weighted by atomic mass is 16.5. The van der Waals surface area contributed by atoms with Crippen LogP contribution in [0.15, 0.2) is 24.5 Å². The molecule has 7 heteroatoms. The summed E-state index contributed by atoms with van der Waals surface area (Å²) < 4.78 is 7.29. The van der Waals surface area contributed by atoms with Gasteiger partial charge in [0.15, 0.2) is 0 Å². The van der Waals surface area contributed by atoms with Crippen molar-refractivity contribution in [2.45, 2.75) is 30.8 Å². The van der Waals surface area contributed by atoms with Gasteiger partial charge in [-0.15, -0.1) is 5.10 Å². The third-order valence-electron chi connectivity index (χ3n) is 4.89. The Bertz CT molecular complexity index is 755. The van der Waals surface area contributed by atoms with Gasteiger partial charge >= 0.3 is 0 Å². The van der Waals surface area contributed by atoms with Crippen LogP contribution in [0.5, 0.6) is 0 Å². The van der Waals surface area contributed by atoms with Crippen LogP contribution in [0.3, 0.4) is 0 Å². The lowest BCUT2D eigenvalue weighted by Gasteiger charge is -2.17. The summed E-state index contributed by atoms with van der Waals surface area (Å²) in [5, 5.41) is 8.20. The largest absolute Gasteiger partial charge is 0.379 e. The molecule has 2 fully saturated rings. The molecule has 0 bridgehead atoms. The Morgan fingerprint density at radius 3 is 2.83 bits per heavy atom. The molecule has 2 aromatic heterocycles. The second-order valence-corrected chi connectivity index (χ2v) is 6.62. The van der Waals surface area contributed by atoms with Crippen LogP contribution in [0.1, 0.15) is 46.4 Å². The normalized spacial score (nSPS) is 23.7. The molecule has 0 radical (unpaired) electrons. The number of ether oxygens (including phenoxy) is 1. The van der Waals surface area contributed by atoms with Crippen LogP contribution < -0.4 is 0 Å². The summed E-state index contributed by atoms with van der Waals surface area (Å²) in [5.74, 6) is 0.536. The SMILES string of the molecule is CO[C@@H]1CN(C(=O)c2cccnc2C2CC2)C[C@H]1c1cn(C)nn1. The zero-order valence-electron chi connectivity index (χ0n) is 13.9. The molecule has 0 N–H and O–H groups in total. The number of carbonyl (C=O) groups is 1. The second kappa shape index (κ2) is 5.98. The van der Waals surface area contributed by atoms with Gasteiger partial charge in [-0.05, 0) is 25.0 Å². The maximum atomic E-state index is 13.0. The first-order valence-corrected chi connectivity index (χ1v) is 8.30. The first-order chi connectivity index (χ1) is 11.7. The highest BCUT2D eigenvalue weighted by molar-refractivity contribution is 5.95. The Kier molecular flexibility index (Phi) is 3.80. The molecule has 1 saturated carbocycles. The molecular weight excluding hydrogens is 306 g/mol. The van der Waals surface area contributed by atoms with Gasteiger partial charge in [0.2, 0.25) is 0 Å². The van der Waals surface area contributed by atoms with Crippen molar-refractivity contribution in [2.24, 2.45) is 7.05 Å². The maximum absolute atomic E-state index is 13.0. The van der Waals surface area contributed by atoms with Gasteiger partial charge in [-0.3, -0.25) is 14.5 Å². The van der Waals surface area contributed by atoms with Crippen molar-refractivity contribution in [2.75, 3.05) is 20.2 Å². The number of hydrogen-bond acceptors (Lipinski definition) is 5. The molecule has 126 valence electrons. The number of rotatable bonds is 4. The van der Waals surface area contributed by atoms with Gasteiger partial charge < -0.3 is 9.64 Å². The zero-order chi connectivity index (χ0) is 16.7. The third kappa shape index (κ3) is 2.69. The number of hydrogen-bond donors (Lipinski definition) is 0. The Morgan fingerprint density at radius 1 is 1.33 bits per heavy atom. The Hall–Kier alpha value is -2.28. The molecule has 1 aliphatic heterocycles. The summed E-state index contributed by atoms with van der Waals surface area (Å²) in [7, 11) is 3.52. The molecular formula is C17H21N5O2. The number of amides is 1. The molecule has 2 atom stereocenters. The third-order valence-corrected chi connectivity index (χ3v) is 4.89. The minimum atomic E-state index is -0.0632. The lowest BCUT2D eigenvalue weighted by Crippen LogP contribution is -2.30. The van der Waals surface area contributed by atoms with Gasteiger partial charge in [-0.1, -0.05) is 5.21 Å². The van der Waals surface area contributed by atoms with E-state index >= 15 is 0 Å². The van der Waals surface area contributed by atoms with E-state index in [0.29, 0.717) is 19.0 Å². The van der Waals surface area contributed by atoms with Crippen LogP contribution in [-0.4, -0.2) is 57.1 Å². The van der Waals surface area contributed by atoms with E-state index in [9.17, 15) is 4.79 Å². The Labute approximate surface area is 140 Å². The fourth-order valence-corrected chi connectivity index (χ4v) is 3.45. The predicted molar refractivity (Wildman–Crippen MR) is 86.7 cm³/mol. The molecule has 24 heavy (non-hydrogen) atoms. The standard InChI is InChI=1S/C17H21N5O2/c1-21-9-14(19-20-21)13-8-22(10-15(13)24-2)17(23)12-4-3-7-18-16(12)11-5-6-11/h3-4,7,9,11,13,15H,5-6,8,10H2,1-2H3/t13-,15+/m0/s1. The molecule has 1 aliphatic carbocycles. The van der Waals surface area contributed by atoms with Crippen LogP contribution in [0.2, 0.25) is 0 Å². The fourth-order valence-electron chi connectivity index (χ4n) is 3.45. The summed E-state index contributed by atoms with van der Waals surface area (Å²) in [6.45, 7) is 1.16. The number of pyridine rings is 1. The number of aryl methyl sites for hydroxylation is 1. The van der Waals surface area contributed by atoms with E-state index in [1.165, 1.54) is 0 Å². The molecule has 7 nitrogen and oxygen atoms in total. The summed E-state index contributed by atoms with van der Waals surface area (Å²) >= 11 is 0. The number of likely N-dealkylation sites (tertiary alicyclic amines) is 1. The second-order valence-electron chi connectivity index (χ2n) is 6.62. The molecule has 4 rings (SSSR count). The minimum Gasteiger partial charge on any atom is -0.379 e. The van der Waals surface area contributed by atoms with Crippen molar-refractivity contribution < 1.29 is 9.53 Å². The van der Waals surface area contributed by atoms with Crippen LogP contribution >= 0.6 is 0 Å². The topological polar surface area (TPSA) is 73.1 Å². The van der Waals surface area contributed by atoms with Gasteiger partial charge in [0.25, 0.3) is 5.91 Å². The molecule has 3 heterocycles. The monoisotopic (exact) mass is 327 g/mol. The minimum absolute atomic E-state index is 0.0402. The lowest BCUT2D eigenvalue weighted by molar-refractivity contribution is 0.0713. The molecule has 1 amide bonds. The quantitative estimate of drug-likeness (QED) is 0.847. The number of nitrogens with zero attached hydrogens (tertiary/aromatic N) is 5. The van der Waals surface area contributed by atoms with Gasteiger partial charge in [0.1, 0.15) is 0 Å². The Balaban J connectivity index is 1.58. The van der Waals surface area contributed by atoms with Crippen LogP contribution in [0.25, 0.3) is 0 Å². The van der Waals surface area contributed by atoms with Crippen molar-refractivity contribution >= 4 is 5.91 Å². The van der Waals surface area contributed by atoms with Crippen molar-refractivity contribution in [3.05, 3.63) is 41.5 Å². The number of methoxy groups -OCH3 is 1. The summed E-state index contributed by atoms with van der Waals surface area (Å²) in [6.07, 6.45) is 5.85. The summed E-state index contributed by atoms with van der Waals surface area (Å²) in [5.41, 5.74) is 2.54. The average molecular weight is 327 g/mol. The molecule has 0 unspecified atom stereocenters. The Morgan fingerprint density at radius 2 is 2.17 bits per heavy atom. The van der Waals surface area contributed by atoms with Gasteiger partial charge in [-0.2, -0.15) is 0 Å². The van der Waals surface area contributed by atoms with E-state index in [4.69, 9.17) is 4.74 Å². The molecule has 0 aromatic carbocycles. The van der Waals surface area contributed by atoms with Crippen molar-refractivity contribution in [3.63, 3.8) is 0 Å². The van der Waals surface area contributed by atoms with Crippen molar-refractivity contribution in [1.29, 1.82) is 0 Å². The summed E-state index contributed by atoms with van der Waals surface area (Å²) in [6, 6.07) is 3.73. The van der Waals surface area contributed by atoms with E-state index < -0.39 is 0 Å². The zero-order valence-corrected chi connectivity index (χ0v) is 13.9. The van der Waals surface area contributed by atoms with E-state index in [1.54, 1.807) is 18.0 Å². The average Bonchev–Trinajstić information content (AvgIpc) is 3.22. The van der Waals surface area contributed by atoms with Crippen LogP contribution in [0.4, 0.5) is 0 Å². The smallest absolute Gasteiger partial charge is 0.255 e. The van der Waals surface area contributed by atoms with Gasteiger partial charge in [0.05, 0.1) is 29.0 Å². The first-order valence-electron chi connectivity index (χ1n) is 8.30. The molecule has 2 aliphatic rings. The van der Waals surface area contributed by atoms with Gasteiger partial charge in [-0.25, -0.2) is 0 Å². The van der Waals surface area contributed by atoms with E-state index in [2.05, 4.69) is 15.3 Å². The highest BCUT2D eigenvalue weighted by Gasteiger charge is 2.39. The van der Waals surface area contributed by atoms with Crippen LogP contribution in [-0.2, 0) is 11.8 Å². The van der Waals surface area contributed by atoms with Gasteiger partial charge in [0, 0.05) is 45.6 Å². The maximum Gasteiger partial charge on any atom is 0.255 e. The van der Waals surface area contributed by atoms with E-state index in [1.807, 2.05) is 30.3 Å². The molecule has 0 spiro atoms. The predicted octanol–water partition coefficient (Wildman–Crippen LogP) is 1.34. The van der Waals surface area contributed by atoms with E-state index in [-0.39, 0.29) is 17.9 Å². The van der Waals surface area contributed by atoms with Crippen molar-refractivity contribution in [1.82, 2.24) is 24.9 Å². The molecule has 1 saturated heterocycles.